The van der Waals surface area contributed by atoms with Gasteiger partial charge in [0.15, 0.2) is 11.4 Å². The fraction of sp³-hybridized carbons (Fsp3) is 0.467. The number of nitrogens with zero attached hydrogens (tertiary/aromatic N) is 5. The number of anilines is 1. The monoisotopic (exact) mass is 355 g/mol. The van der Waals surface area contributed by atoms with Crippen LogP contribution in [0.1, 0.15) is 40.8 Å². The lowest BCUT2D eigenvalue weighted by Gasteiger charge is -2.33. The van der Waals surface area contributed by atoms with Crippen LogP contribution in [0.4, 0.5) is 19.0 Å². The quantitative estimate of drug-likeness (QED) is 0.910. The molecule has 3 heterocycles. The summed E-state index contributed by atoms with van der Waals surface area (Å²) >= 11 is 0. The van der Waals surface area contributed by atoms with E-state index < -0.39 is 17.8 Å². The highest BCUT2D eigenvalue weighted by Gasteiger charge is 2.36. The molecule has 0 aromatic carbocycles. The predicted octanol–water partition coefficient (Wildman–Crippen LogP) is 2.31. The van der Waals surface area contributed by atoms with E-state index in [1.807, 2.05) is 4.90 Å². The second-order valence-corrected chi connectivity index (χ2v) is 5.94. The fourth-order valence-corrected chi connectivity index (χ4v) is 2.99. The zero-order chi connectivity index (χ0) is 18.2. The number of imidazole rings is 1. The molecule has 1 saturated heterocycles. The molecule has 7 nitrogen and oxygen atoms in total. The molecule has 0 aliphatic carbocycles. The molecular formula is C15H16F3N5O2. The van der Waals surface area contributed by atoms with Gasteiger partial charge in [-0.1, -0.05) is 0 Å². The minimum atomic E-state index is -4.47. The van der Waals surface area contributed by atoms with Crippen molar-refractivity contribution >= 4 is 11.8 Å². The average Bonchev–Trinajstić information content (AvgIpc) is 2.97. The first kappa shape index (κ1) is 17.2. The zero-order valence-electron chi connectivity index (χ0n) is 13.4. The Balaban J connectivity index is 1.79. The van der Waals surface area contributed by atoms with Crippen LogP contribution >= 0.6 is 0 Å². The van der Waals surface area contributed by atoms with E-state index in [0.29, 0.717) is 24.7 Å². The zero-order valence-corrected chi connectivity index (χ0v) is 13.4. The van der Waals surface area contributed by atoms with Crippen molar-refractivity contribution < 1.29 is 23.1 Å². The summed E-state index contributed by atoms with van der Waals surface area (Å²) in [5, 5.41) is 8.86. The van der Waals surface area contributed by atoms with Crippen molar-refractivity contribution in [2.75, 3.05) is 18.0 Å². The topological polar surface area (TPSA) is 84.1 Å². The van der Waals surface area contributed by atoms with E-state index in [1.54, 1.807) is 7.05 Å². The van der Waals surface area contributed by atoms with Crippen LogP contribution in [0.25, 0.3) is 0 Å². The summed E-state index contributed by atoms with van der Waals surface area (Å²) in [6, 6.07) is 0. The minimum Gasteiger partial charge on any atom is -0.476 e. The molecule has 0 bridgehead atoms. The molecule has 0 amide bonds. The standard InChI is InChI=1S/C15H16F3N5O2/c1-22-8-11(15(16,17)18)21-13(22)9-3-2-4-23(7-9)12-6-19-10(5-20-12)14(24)25/h5-6,8-9H,2-4,7H2,1H3,(H,24,25). The number of hydrogen-bond donors (Lipinski definition) is 1. The van der Waals surface area contributed by atoms with Crippen LogP contribution in [0.15, 0.2) is 18.6 Å². The van der Waals surface area contributed by atoms with E-state index in [-0.39, 0.29) is 11.6 Å². The minimum absolute atomic E-state index is 0.156. The van der Waals surface area contributed by atoms with Gasteiger partial charge in [0, 0.05) is 32.3 Å². The molecule has 1 fully saturated rings. The van der Waals surface area contributed by atoms with Crippen molar-refractivity contribution in [2.45, 2.75) is 24.9 Å². The van der Waals surface area contributed by atoms with E-state index in [0.717, 1.165) is 19.0 Å². The molecule has 2 aromatic heterocycles. The fourth-order valence-electron chi connectivity index (χ4n) is 2.99. The summed E-state index contributed by atoms with van der Waals surface area (Å²) in [5.74, 6) is -0.453. The lowest BCUT2D eigenvalue weighted by Crippen LogP contribution is -2.36. The highest BCUT2D eigenvalue weighted by molar-refractivity contribution is 5.84. The van der Waals surface area contributed by atoms with Crippen LogP contribution in [-0.4, -0.2) is 43.7 Å². The molecular weight excluding hydrogens is 339 g/mol. The summed E-state index contributed by atoms with van der Waals surface area (Å²) in [6.07, 6.45) is 0.550. The molecule has 0 saturated carbocycles. The number of piperidine rings is 1. The molecule has 10 heteroatoms. The maximum absolute atomic E-state index is 12.8. The van der Waals surface area contributed by atoms with Crippen molar-refractivity contribution in [3.8, 4) is 0 Å². The first-order valence-electron chi connectivity index (χ1n) is 7.66. The molecule has 1 aliphatic heterocycles. The largest absolute Gasteiger partial charge is 0.476 e. The van der Waals surface area contributed by atoms with Crippen LogP contribution in [-0.2, 0) is 13.2 Å². The molecule has 2 aromatic rings. The first-order valence-corrected chi connectivity index (χ1v) is 7.66. The number of carboxylic acid groups (broad SMARTS) is 1. The van der Waals surface area contributed by atoms with Crippen LogP contribution in [0, 0.1) is 0 Å². The van der Waals surface area contributed by atoms with Crippen LogP contribution < -0.4 is 4.90 Å². The predicted molar refractivity (Wildman–Crippen MR) is 81.4 cm³/mol. The Kier molecular flexibility index (Phi) is 4.36. The van der Waals surface area contributed by atoms with E-state index in [4.69, 9.17) is 5.11 Å². The van der Waals surface area contributed by atoms with Gasteiger partial charge < -0.3 is 14.6 Å². The Bertz CT molecular complexity index is 772. The third kappa shape index (κ3) is 3.57. The van der Waals surface area contributed by atoms with Gasteiger partial charge in [-0.3, -0.25) is 0 Å². The number of alkyl halides is 3. The van der Waals surface area contributed by atoms with Crippen molar-refractivity contribution in [1.29, 1.82) is 0 Å². The van der Waals surface area contributed by atoms with Gasteiger partial charge in [-0.25, -0.2) is 19.7 Å². The molecule has 1 unspecified atom stereocenters. The maximum Gasteiger partial charge on any atom is 0.434 e. The molecule has 3 rings (SSSR count). The van der Waals surface area contributed by atoms with Gasteiger partial charge in [-0.05, 0) is 12.8 Å². The van der Waals surface area contributed by atoms with Crippen LogP contribution in [0.3, 0.4) is 0 Å². The summed E-state index contributed by atoms with van der Waals surface area (Å²) in [5.41, 5.74) is -1.05. The summed E-state index contributed by atoms with van der Waals surface area (Å²) < 4.78 is 39.9. The highest BCUT2D eigenvalue weighted by Crippen LogP contribution is 2.32. The van der Waals surface area contributed by atoms with Gasteiger partial charge >= 0.3 is 12.1 Å². The second-order valence-electron chi connectivity index (χ2n) is 5.94. The van der Waals surface area contributed by atoms with E-state index >= 15 is 0 Å². The number of halogens is 3. The molecule has 1 N–H and O–H groups in total. The van der Waals surface area contributed by atoms with Gasteiger partial charge in [0.2, 0.25) is 0 Å². The van der Waals surface area contributed by atoms with Crippen molar-refractivity contribution in [1.82, 2.24) is 19.5 Å². The van der Waals surface area contributed by atoms with Gasteiger partial charge in [0.25, 0.3) is 0 Å². The highest BCUT2D eigenvalue weighted by atomic mass is 19.4. The first-order chi connectivity index (χ1) is 11.8. The number of aryl methyl sites for hydroxylation is 1. The van der Waals surface area contributed by atoms with Gasteiger partial charge in [-0.2, -0.15) is 13.2 Å². The Morgan fingerprint density at radius 3 is 2.64 bits per heavy atom. The van der Waals surface area contributed by atoms with E-state index in [2.05, 4.69) is 15.0 Å². The average molecular weight is 355 g/mol. The van der Waals surface area contributed by atoms with Crippen molar-refractivity contribution in [3.63, 3.8) is 0 Å². The molecule has 25 heavy (non-hydrogen) atoms. The Morgan fingerprint density at radius 2 is 2.08 bits per heavy atom. The molecule has 0 spiro atoms. The Hall–Kier alpha value is -2.65. The van der Waals surface area contributed by atoms with E-state index in [9.17, 15) is 18.0 Å². The summed E-state index contributed by atoms with van der Waals surface area (Å²) in [6.45, 7) is 1.12. The van der Waals surface area contributed by atoms with Gasteiger partial charge in [0.1, 0.15) is 11.6 Å². The lowest BCUT2D eigenvalue weighted by atomic mass is 9.97. The number of aromatic carboxylic acids is 1. The summed E-state index contributed by atoms with van der Waals surface area (Å²) in [7, 11) is 1.55. The SMILES string of the molecule is Cn1cc(C(F)(F)F)nc1C1CCCN(c2cnc(C(=O)O)cn2)C1. The third-order valence-electron chi connectivity index (χ3n) is 4.17. The number of carbonyl (C=O) groups is 1. The number of carboxylic acids is 1. The Labute approximate surface area is 141 Å². The third-order valence-corrected chi connectivity index (χ3v) is 4.17. The smallest absolute Gasteiger partial charge is 0.434 e. The van der Waals surface area contributed by atoms with Crippen molar-refractivity contribution in [3.05, 3.63) is 35.8 Å². The number of rotatable bonds is 3. The van der Waals surface area contributed by atoms with Gasteiger partial charge in [-0.15, -0.1) is 0 Å². The normalized spacial score (nSPS) is 18.4. The summed E-state index contributed by atoms with van der Waals surface area (Å²) in [4.78, 5) is 24.4. The molecule has 1 aliphatic rings. The molecule has 1 atom stereocenters. The number of hydrogen-bond acceptors (Lipinski definition) is 5. The molecule has 0 radical (unpaired) electrons. The van der Waals surface area contributed by atoms with Crippen molar-refractivity contribution in [2.24, 2.45) is 7.05 Å². The number of aromatic nitrogens is 4. The van der Waals surface area contributed by atoms with Crippen LogP contribution in [0.2, 0.25) is 0 Å². The van der Waals surface area contributed by atoms with Crippen LogP contribution in [0.5, 0.6) is 0 Å². The lowest BCUT2D eigenvalue weighted by molar-refractivity contribution is -0.141. The maximum atomic E-state index is 12.8. The Morgan fingerprint density at radius 1 is 1.32 bits per heavy atom. The van der Waals surface area contributed by atoms with E-state index in [1.165, 1.54) is 17.0 Å². The molecule has 134 valence electrons. The second kappa shape index (κ2) is 6.34. The van der Waals surface area contributed by atoms with Gasteiger partial charge in [0.05, 0.1) is 12.4 Å².